The monoisotopic (exact) mass is 603 g/mol. The van der Waals surface area contributed by atoms with Crippen molar-refractivity contribution < 1.29 is 18.0 Å². The molecule has 40 heavy (non-hydrogen) atoms. The number of sulfonamides is 1. The number of anilines is 1. The molecule has 7 nitrogen and oxygen atoms in total. The fourth-order valence-corrected chi connectivity index (χ4v) is 5.52. The quantitative estimate of drug-likeness (QED) is 0.297. The van der Waals surface area contributed by atoms with Gasteiger partial charge in [0, 0.05) is 29.6 Å². The maximum atomic E-state index is 14.1. The summed E-state index contributed by atoms with van der Waals surface area (Å²) in [5, 5.41) is 3.96. The van der Waals surface area contributed by atoms with Crippen molar-refractivity contribution in [2.75, 3.05) is 23.7 Å². The molecule has 10 heteroatoms. The Morgan fingerprint density at radius 2 is 1.52 bits per heavy atom. The second-order valence-electron chi connectivity index (χ2n) is 10.2. The van der Waals surface area contributed by atoms with Gasteiger partial charge < -0.3 is 10.2 Å². The first-order valence-electron chi connectivity index (χ1n) is 12.9. The Balaban J connectivity index is 2.06. The number of hydrogen-bond donors (Lipinski definition) is 1. The van der Waals surface area contributed by atoms with E-state index in [9.17, 15) is 18.0 Å². The zero-order chi connectivity index (χ0) is 29.4. The van der Waals surface area contributed by atoms with Crippen LogP contribution in [0.1, 0.15) is 30.5 Å². The zero-order valence-electron chi connectivity index (χ0n) is 23.1. The van der Waals surface area contributed by atoms with Crippen LogP contribution in [0.5, 0.6) is 0 Å². The van der Waals surface area contributed by atoms with Crippen molar-refractivity contribution in [3.63, 3.8) is 0 Å². The molecule has 3 aromatic rings. The lowest BCUT2D eigenvalue weighted by Crippen LogP contribution is -2.53. The highest BCUT2D eigenvalue weighted by molar-refractivity contribution is 7.92. The fraction of sp³-hybridized carbons (Fsp3) is 0.333. The molecule has 1 atom stereocenters. The first-order chi connectivity index (χ1) is 18.8. The maximum absolute atomic E-state index is 14.1. The lowest BCUT2D eigenvalue weighted by atomic mass is 10.0. The molecule has 0 radical (unpaired) electrons. The minimum Gasteiger partial charge on any atom is -0.354 e. The molecule has 0 heterocycles. The maximum Gasteiger partial charge on any atom is 0.244 e. The van der Waals surface area contributed by atoms with E-state index in [-0.39, 0.29) is 24.8 Å². The Morgan fingerprint density at radius 1 is 0.900 bits per heavy atom. The molecule has 0 bridgehead atoms. The van der Waals surface area contributed by atoms with Crippen molar-refractivity contribution in [3.05, 3.63) is 99.5 Å². The third kappa shape index (κ3) is 8.98. The van der Waals surface area contributed by atoms with Crippen LogP contribution in [0.2, 0.25) is 10.0 Å². The number of carbonyl (C=O) groups is 2. The molecule has 0 saturated carbocycles. The SMILES string of the molecule is Cc1cc(Cl)ccc1N(CC(=O)N(Cc1ccc(Cl)cc1)[C@@H](Cc1ccccc1)C(=O)NCC(C)C)S(C)(=O)=O. The van der Waals surface area contributed by atoms with Gasteiger partial charge >= 0.3 is 0 Å². The summed E-state index contributed by atoms with van der Waals surface area (Å²) in [6.07, 6.45) is 1.30. The lowest BCUT2D eigenvalue weighted by Gasteiger charge is -2.34. The van der Waals surface area contributed by atoms with E-state index in [4.69, 9.17) is 23.2 Å². The van der Waals surface area contributed by atoms with Crippen LogP contribution in [0.25, 0.3) is 0 Å². The van der Waals surface area contributed by atoms with Gasteiger partial charge in [-0.2, -0.15) is 0 Å². The highest BCUT2D eigenvalue weighted by Crippen LogP contribution is 2.26. The van der Waals surface area contributed by atoms with Gasteiger partial charge in [-0.25, -0.2) is 8.42 Å². The topological polar surface area (TPSA) is 86.8 Å². The number of amides is 2. The Labute approximate surface area is 247 Å². The van der Waals surface area contributed by atoms with Crippen LogP contribution in [0.15, 0.2) is 72.8 Å². The predicted molar refractivity (Wildman–Crippen MR) is 162 cm³/mol. The first-order valence-corrected chi connectivity index (χ1v) is 15.5. The summed E-state index contributed by atoms with van der Waals surface area (Å²) in [7, 11) is -3.86. The summed E-state index contributed by atoms with van der Waals surface area (Å²) in [5.41, 5.74) is 2.57. The van der Waals surface area contributed by atoms with E-state index in [1.807, 2.05) is 44.2 Å². The normalized spacial score (nSPS) is 12.2. The average Bonchev–Trinajstić information content (AvgIpc) is 2.89. The van der Waals surface area contributed by atoms with Gasteiger partial charge in [-0.05, 0) is 59.9 Å². The van der Waals surface area contributed by atoms with Crippen molar-refractivity contribution in [2.24, 2.45) is 5.92 Å². The van der Waals surface area contributed by atoms with E-state index in [1.165, 1.54) is 4.90 Å². The molecule has 0 aliphatic heterocycles. The molecule has 0 aromatic heterocycles. The van der Waals surface area contributed by atoms with Crippen LogP contribution >= 0.6 is 23.2 Å². The summed E-state index contributed by atoms with van der Waals surface area (Å²) in [6, 6.07) is 20.3. The van der Waals surface area contributed by atoms with Crippen LogP contribution in [0.3, 0.4) is 0 Å². The Kier molecular flexibility index (Phi) is 11.0. The molecule has 3 rings (SSSR count). The van der Waals surface area contributed by atoms with Gasteiger partial charge in [0.05, 0.1) is 11.9 Å². The number of halogens is 2. The van der Waals surface area contributed by atoms with Crippen molar-refractivity contribution >= 4 is 50.7 Å². The van der Waals surface area contributed by atoms with E-state index in [0.717, 1.165) is 21.7 Å². The predicted octanol–water partition coefficient (Wildman–Crippen LogP) is 5.48. The van der Waals surface area contributed by atoms with Crippen molar-refractivity contribution in [1.82, 2.24) is 10.2 Å². The molecule has 0 aliphatic carbocycles. The summed E-state index contributed by atoms with van der Waals surface area (Å²) in [5.74, 6) is -0.626. The van der Waals surface area contributed by atoms with E-state index >= 15 is 0 Å². The van der Waals surface area contributed by atoms with Gasteiger partial charge in [-0.15, -0.1) is 0 Å². The van der Waals surface area contributed by atoms with Gasteiger partial charge in [-0.1, -0.05) is 79.5 Å². The molecule has 1 N–H and O–H groups in total. The van der Waals surface area contributed by atoms with Crippen molar-refractivity contribution in [2.45, 2.75) is 39.8 Å². The minimum atomic E-state index is -3.86. The number of aryl methyl sites for hydroxylation is 1. The van der Waals surface area contributed by atoms with Crippen molar-refractivity contribution in [3.8, 4) is 0 Å². The smallest absolute Gasteiger partial charge is 0.244 e. The number of hydrogen-bond acceptors (Lipinski definition) is 4. The van der Waals surface area contributed by atoms with Gasteiger partial charge in [0.25, 0.3) is 0 Å². The van der Waals surface area contributed by atoms with Crippen LogP contribution in [0.4, 0.5) is 5.69 Å². The molecular weight excluding hydrogens is 569 g/mol. The average molecular weight is 605 g/mol. The second-order valence-corrected chi connectivity index (χ2v) is 13.0. The third-order valence-corrected chi connectivity index (χ3v) is 7.94. The van der Waals surface area contributed by atoms with Gasteiger partial charge in [0.2, 0.25) is 21.8 Å². The molecule has 2 amide bonds. The summed E-state index contributed by atoms with van der Waals surface area (Å²) < 4.78 is 26.9. The van der Waals surface area contributed by atoms with Crippen LogP contribution < -0.4 is 9.62 Å². The number of nitrogens with zero attached hydrogens (tertiary/aromatic N) is 2. The van der Waals surface area contributed by atoms with E-state index in [1.54, 1.807) is 49.4 Å². The zero-order valence-corrected chi connectivity index (χ0v) is 25.4. The lowest BCUT2D eigenvalue weighted by molar-refractivity contribution is -0.140. The summed E-state index contributed by atoms with van der Waals surface area (Å²) in [6.45, 7) is 5.74. The molecule has 0 saturated heterocycles. The van der Waals surface area contributed by atoms with Gasteiger partial charge in [0.15, 0.2) is 0 Å². The summed E-state index contributed by atoms with van der Waals surface area (Å²) in [4.78, 5) is 29.2. The molecule has 0 spiro atoms. The third-order valence-electron chi connectivity index (χ3n) is 6.33. The van der Waals surface area contributed by atoms with Gasteiger partial charge in [-0.3, -0.25) is 13.9 Å². The Hall–Kier alpha value is -3.07. The van der Waals surface area contributed by atoms with E-state index < -0.39 is 28.5 Å². The minimum absolute atomic E-state index is 0.0831. The largest absolute Gasteiger partial charge is 0.354 e. The van der Waals surface area contributed by atoms with Crippen LogP contribution in [-0.2, 0) is 32.6 Å². The number of benzene rings is 3. The molecule has 214 valence electrons. The molecule has 3 aromatic carbocycles. The molecule has 0 fully saturated rings. The standard InChI is InChI=1S/C30H35Cl2N3O4S/c1-21(2)18-33-30(37)28(17-23-8-6-5-7-9-23)34(19-24-10-12-25(31)13-11-24)29(36)20-35(40(4,38)39)27-15-14-26(32)16-22(27)3/h5-16,21,28H,17-20H2,1-4H3,(H,33,37)/t28-/m0/s1. The van der Waals surface area contributed by atoms with Gasteiger partial charge in [0.1, 0.15) is 12.6 Å². The van der Waals surface area contributed by atoms with E-state index in [0.29, 0.717) is 27.8 Å². The highest BCUT2D eigenvalue weighted by Gasteiger charge is 2.33. The first kappa shape index (κ1) is 31.5. The number of rotatable bonds is 12. The fourth-order valence-electron chi connectivity index (χ4n) is 4.26. The molecule has 0 unspecified atom stereocenters. The van der Waals surface area contributed by atoms with Crippen molar-refractivity contribution in [1.29, 1.82) is 0 Å². The number of carbonyl (C=O) groups excluding carboxylic acids is 2. The van der Waals surface area contributed by atoms with Crippen LogP contribution in [-0.4, -0.2) is 50.5 Å². The molecular formula is C30H35Cl2N3O4S. The summed E-state index contributed by atoms with van der Waals surface area (Å²) >= 11 is 12.2. The Morgan fingerprint density at radius 3 is 2.10 bits per heavy atom. The number of nitrogens with one attached hydrogen (secondary N) is 1. The highest BCUT2D eigenvalue weighted by atomic mass is 35.5. The Bertz CT molecular complexity index is 1410. The van der Waals surface area contributed by atoms with E-state index in [2.05, 4.69) is 5.32 Å². The second kappa shape index (κ2) is 14.0. The van der Waals surface area contributed by atoms with Crippen LogP contribution in [0, 0.1) is 12.8 Å². The molecule has 0 aliphatic rings.